The van der Waals surface area contributed by atoms with Gasteiger partial charge in [-0.1, -0.05) is 19.1 Å². The van der Waals surface area contributed by atoms with Crippen molar-refractivity contribution < 1.29 is 4.74 Å². The van der Waals surface area contributed by atoms with E-state index in [-0.39, 0.29) is 0 Å². The van der Waals surface area contributed by atoms with Crippen molar-refractivity contribution in [3.63, 3.8) is 0 Å². The van der Waals surface area contributed by atoms with Crippen LogP contribution in [-0.2, 0) is 13.5 Å². The van der Waals surface area contributed by atoms with Crippen molar-refractivity contribution in [1.82, 2.24) is 15.1 Å². The van der Waals surface area contributed by atoms with Crippen LogP contribution in [0, 0.1) is 0 Å². The van der Waals surface area contributed by atoms with Gasteiger partial charge in [-0.05, 0) is 37.1 Å². The van der Waals surface area contributed by atoms with Gasteiger partial charge in [0.05, 0.1) is 6.61 Å². The lowest BCUT2D eigenvalue weighted by atomic mass is 10.1. The van der Waals surface area contributed by atoms with Crippen LogP contribution < -0.4 is 10.1 Å². The van der Waals surface area contributed by atoms with Gasteiger partial charge < -0.3 is 10.1 Å². The number of aromatic nitrogens is 2. The van der Waals surface area contributed by atoms with Crippen LogP contribution in [-0.4, -0.2) is 22.9 Å². The molecule has 0 aliphatic rings. The Morgan fingerprint density at radius 1 is 1.24 bits per heavy atom. The Labute approximate surface area is 127 Å². The van der Waals surface area contributed by atoms with Gasteiger partial charge in [-0.3, -0.25) is 4.68 Å². The summed E-state index contributed by atoms with van der Waals surface area (Å²) < 4.78 is 7.53. The molecule has 0 saturated heterocycles. The van der Waals surface area contributed by atoms with Crippen LogP contribution in [0.25, 0.3) is 0 Å². The minimum Gasteiger partial charge on any atom is -0.494 e. The molecule has 0 aliphatic heterocycles. The summed E-state index contributed by atoms with van der Waals surface area (Å²) in [6.45, 7) is 6.01. The molecule has 114 valence electrons. The Bertz CT molecular complexity index is 533. The summed E-state index contributed by atoms with van der Waals surface area (Å²) in [5.41, 5.74) is 2.53. The molecule has 1 aromatic heterocycles. The quantitative estimate of drug-likeness (QED) is 0.811. The predicted octanol–water partition coefficient (Wildman–Crippen LogP) is 3.10. The maximum atomic E-state index is 5.60. The highest BCUT2D eigenvalue weighted by Crippen LogP contribution is 2.17. The second-order valence-corrected chi connectivity index (χ2v) is 5.29. The van der Waals surface area contributed by atoms with Gasteiger partial charge in [0.25, 0.3) is 0 Å². The maximum absolute atomic E-state index is 5.60. The lowest BCUT2D eigenvalue weighted by molar-refractivity contribution is 0.317. The molecule has 2 rings (SSSR count). The molecular formula is C17H25N3O. The second-order valence-electron chi connectivity index (χ2n) is 5.29. The Morgan fingerprint density at radius 2 is 2.00 bits per heavy atom. The lowest BCUT2D eigenvalue weighted by Crippen LogP contribution is -2.22. The first-order chi connectivity index (χ1) is 10.2. The standard InChI is InChI=1S/C17H25N3O/c1-4-13-21-17-7-5-15(6-8-17)14(2)18-11-9-16-10-12-19-20(16)3/h5-8,10,12,14,18H,4,9,11,13H2,1-3H3. The first-order valence-corrected chi connectivity index (χ1v) is 7.63. The largest absolute Gasteiger partial charge is 0.494 e. The molecule has 1 aromatic carbocycles. The summed E-state index contributed by atoms with van der Waals surface area (Å²) in [4.78, 5) is 0. The Hall–Kier alpha value is -1.81. The van der Waals surface area contributed by atoms with Crippen molar-refractivity contribution >= 4 is 0 Å². The number of hydrogen-bond donors (Lipinski definition) is 1. The molecule has 0 spiro atoms. The van der Waals surface area contributed by atoms with Gasteiger partial charge in [0.2, 0.25) is 0 Å². The summed E-state index contributed by atoms with van der Waals surface area (Å²) in [7, 11) is 1.98. The highest BCUT2D eigenvalue weighted by Gasteiger charge is 2.05. The molecule has 4 nitrogen and oxygen atoms in total. The number of benzene rings is 1. The molecule has 1 N–H and O–H groups in total. The Kier molecular flexibility index (Phi) is 5.81. The van der Waals surface area contributed by atoms with Crippen LogP contribution in [0.15, 0.2) is 36.5 Å². The summed E-state index contributed by atoms with van der Waals surface area (Å²) in [6, 6.07) is 10.7. The first-order valence-electron chi connectivity index (χ1n) is 7.63. The van der Waals surface area contributed by atoms with Crippen LogP contribution in [0.2, 0.25) is 0 Å². The molecule has 4 heteroatoms. The monoisotopic (exact) mass is 287 g/mol. The third-order valence-corrected chi connectivity index (χ3v) is 3.61. The van der Waals surface area contributed by atoms with Gasteiger partial charge in [0, 0.05) is 37.9 Å². The van der Waals surface area contributed by atoms with E-state index in [1.165, 1.54) is 11.3 Å². The van der Waals surface area contributed by atoms with Crippen LogP contribution in [0.1, 0.15) is 37.6 Å². The highest BCUT2D eigenvalue weighted by atomic mass is 16.5. The first kappa shape index (κ1) is 15.6. The van der Waals surface area contributed by atoms with E-state index in [1.54, 1.807) is 0 Å². The van der Waals surface area contributed by atoms with Crippen molar-refractivity contribution in [1.29, 1.82) is 0 Å². The average molecular weight is 287 g/mol. The van der Waals surface area contributed by atoms with Gasteiger partial charge in [0.15, 0.2) is 0 Å². The third-order valence-electron chi connectivity index (χ3n) is 3.61. The molecule has 1 atom stereocenters. The number of ether oxygens (including phenoxy) is 1. The van der Waals surface area contributed by atoms with Crippen LogP contribution >= 0.6 is 0 Å². The van der Waals surface area contributed by atoms with Crippen LogP contribution in [0.4, 0.5) is 0 Å². The Morgan fingerprint density at radius 3 is 2.62 bits per heavy atom. The maximum Gasteiger partial charge on any atom is 0.119 e. The Balaban J connectivity index is 1.80. The zero-order valence-corrected chi connectivity index (χ0v) is 13.2. The zero-order valence-electron chi connectivity index (χ0n) is 13.2. The molecule has 0 fully saturated rings. The normalized spacial score (nSPS) is 12.3. The zero-order chi connectivity index (χ0) is 15.1. The minimum absolute atomic E-state index is 0.332. The lowest BCUT2D eigenvalue weighted by Gasteiger charge is -2.15. The molecule has 0 radical (unpaired) electrons. The number of aryl methyl sites for hydroxylation is 1. The van der Waals surface area contributed by atoms with E-state index in [0.717, 1.165) is 31.7 Å². The van der Waals surface area contributed by atoms with E-state index in [0.29, 0.717) is 6.04 Å². The van der Waals surface area contributed by atoms with Gasteiger partial charge in [-0.2, -0.15) is 5.10 Å². The molecule has 2 aromatic rings. The summed E-state index contributed by atoms with van der Waals surface area (Å²) in [5.74, 6) is 0.947. The van der Waals surface area contributed by atoms with Crippen molar-refractivity contribution in [2.75, 3.05) is 13.2 Å². The molecule has 0 saturated carbocycles. The van der Waals surface area contributed by atoms with E-state index in [2.05, 4.69) is 42.5 Å². The second kappa shape index (κ2) is 7.84. The number of rotatable bonds is 8. The summed E-state index contributed by atoms with van der Waals surface area (Å²) in [6.07, 6.45) is 3.86. The molecule has 1 unspecified atom stereocenters. The summed E-state index contributed by atoms with van der Waals surface area (Å²) in [5, 5.41) is 7.73. The highest BCUT2D eigenvalue weighted by molar-refractivity contribution is 5.28. The average Bonchev–Trinajstić information content (AvgIpc) is 2.91. The van der Waals surface area contributed by atoms with Gasteiger partial charge in [-0.25, -0.2) is 0 Å². The fraction of sp³-hybridized carbons (Fsp3) is 0.471. The van der Waals surface area contributed by atoms with E-state index in [1.807, 2.05) is 30.1 Å². The molecule has 1 heterocycles. The van der Waals surface area contributed by atoms with Crippen molar-refractivity contribution in [3.8, 4) is 5.75 Å². The SMILES string of the molecule is CCCOc1ccc(C(C)NCCc2ccnn2C)cc1. The van der Waals surface area contributed by atoms with Crippen molar-refractivity contribution in [2.24, 2.45) is 7.05 Å². The van der Waals surface area contributed by atoms with Crippen LogP contribution in [0.3, 0.4) is 0 Å². The molecule has 0 aliphatic carbocycles. The topological polar surface area (TPSA) is 39.1 Å². The van der Waals surface area contributed by atoms with E-state index >= 15 is 0 Å². The predicted molar refractivity (Wildman–Crippen MR) is 85.6 cm³/mol. The number of nitrogens with one attached hydrogen (secondary N) is 1. The fourth-order valence-corrected chi connectivity index (χ4v) is 2.25. The van der Waals surface area contributed by atoms with Crippen molar-refractivity contribution in [2.45, 2.75) is 32.7 Å². The van der Waals surface area contributed by atoms with Gasteiger partial charge in [0.1, 0.15) is 5.75 Å². The molecule has 0 bridgehead atoms. The third kappa shape index (κ3) is 4.60. The summed E-state index contributed by atoms with van der Waals surface area (Å²) >= 11 is 0. The van der Waals surface area contributed by atoms with Crippen molar-refractivity contribution in [3.05, 3.63) is 47.8 Å². The number of nitrogens with zero attached hydrogens (tertiary/aromatic N) is 2. The van der Waals surface area contributed by atoms with E-state index in [4.69, 9.17) is 4.74 Å². The minimum atomic E-state index is 0.332. The number of hydrogen-bond acceptors (Lipinski definition) is 3. The van der Waals surface area contributed by atoms with E-state index in [9.17, 15) is 0 Å². The molecular weight excluding hydrogens is 262 g/mol. The van der Waals surface area contributed by atoms with E-state index < -0.39 is 0 Å². The van der Waals surface area contributed by atoms with Gasteiger partial charge >= 0.3 is 0 Å². The molecule has 21 heavy (non-hydrogen) atoms. The smallest absolute Gasteiger partial charge is 0.119 e. The molecule has 0 amide bonds. The van der Waals surface area contributed by atoms with Gasteiger partial charge in [-0.15, -0.1) is 0 Å². The van der Waals surface area contributed by atoms with Crippen LogP contribution in [0.5, 0.6) is 5.75 Å². The fourth-order valence-electron chi connectivity index (χ4n) is 2.25.